The summed E-state index contributed by atoms with van der Waals surface area (Å²) in [5.41, 5.74) is 6.18. The number of pyridine rings is 1. The van der Waals surface area contributed by atoms with Crippen molar-refractivity contribution in [1.29, 1.82) is 0 Å². The standard InChI is InChI=1S/C16H19N3O/c17-19-16-10-4-7-13(18-16)11-20-15-9-3-6-12-5-1-2-8-14(12)15/h1-2,4-5,7-8,10,15H,3,6,9,11,17H2,(H,18,19). The van der Waals surface area contributed by atoms with Crippen molar-refractivity contribution in [3.63, 3.8) is 0 Å². The van der Waals surface area contributed by atoms with Crippen LogP contribution < -0.4 is 11.3 Å². The molecule has 1 unspecified atom stereocenters. The molecule has 3 rings (SSSR count). The minimum atomic E-state index is 0.177. The van der Waals surface area contributed by atoms with Crippen molar-refractivity contribution >= 4 is 5.82 Å². The quantitative estimate of drug-likeness (QED) is 0.661. The van der Waals surface area contributed by atoms with Crippen LogP contribution in [0.25, 0.3) is 0 Å². The number of nitrogens with one attached hydrogen (secondary N) is 1. The van der Waals surface area contributed by atoms with Crippen molar-refractivity contribution in [1.82, 2.24) is 4.98 Å². The normalized spacial score (nSPS) is 17.6. The summed E-state index contributed by atoms with van der Waals surface area (Å²) < 4.78 is 6.06. The van der Waals surface area contributed by atoms with E-state index in [1.165, 1.54) is 17.5 Å². The van der Waals surface area contributed by atoms with Crippen LogP contribution in [0.4, 0.5) is 5.82 Å². The number of nitrogen functional groups attached to an aromatic ring is 1. The Morgan fingerprint density at radius 1 is 1.20 bits per heavy atom. The van der Waals surface area contributed by atoms with Crippen molar-refractivity contribution in [3.05, 3.63) is 59.3 Å². The fourth-order valence-corrected chi connectivity index (χ4v) is 2.71. The van der Waals surface area contributed by atoms with Crippen LogP contribution in [0.15, 0.2) is 42.5 Å². The number of hydrazine groups is 1. The number of nitrogens with two attached hydrogens (primary N) is 1. The molecule has 0 spiro atoms. The predicted molar refractivity (Wildman–Crippen MR) is 79.0 cm³/mol. The van der Waals surface area contributed by atoms with E-state index in [4.69, 9.17) is 10.6 Å². The second-order valence-electron chi connectivity index (χ2n) is 5.05. The van der Waals surface area contributed by atoms with Gasteiger partial charge in [0.1, 0.15) is 5.82 Å². The smallest absolute Gasteiger partial charge is 0.140 e. The maximum absolute atomic E-state index is 6.06. The van der Waals surface area contributed by atoms with E-state index in [1.54, 1.807) is 0 Å². The second-order valence-corrected chi connectivity index (χ2v) is 5.05. The molecular weight excluding hydrogens is 250 g/mol. The Bertz CT molecular complexity index is 585. The summed E-state index contributed by atoms with van der Waals surface area (Å²) in [5, 5.41) is 0. The molecule has 4 heteroatoms. The molecule has 1 atom stereocenters. The third-order valence-electron chi connectivity index (χ3n) is 3.70. The number of rotatable bonds is 4. The maximum Gasteiger partial charge on any atom is 0.140 e. The number of aromatic nitrogens is 1. The van der Waals surface area contributed by atoms with Gasteiger partial charge in [-0.15, -0.1) is 0 Å². The molecule has 0 radical (unpaired) electrons. The first-order chi connectivity index (χ1) is 9.86. The molecule has 0 saturated heterocycles. The fraction of sp³-hybridized carbons (Fsp3) is 0.312. The van der Waals surface area contributed by atoms with E-state index in [0.29, 0.717) is 12.4 Å². The van der Waals surface area contributed by atoms with Crippen LogP contribution in [0.5, 0.6) is 0 Å². The lowest BCUT2D eigenvalue weighted by molar-refractivity contribution is 0.0265. The SMILES string of the molecule is NNc1cccc(COC2CCCc3ccccc32)n1. The summed E-state index contributed by atoms with van der Waals surface area (Å²) in [7, 11) is 0. The third-order valence-corrected chi connectivity index (χ3v) is 3.70. The minimum absolute atomic E-state index is 0.177. The Kier molecular flexibility index (Phi) is 3.95. The van der Waals surface area contributed by atoms with Gasteiger partial charge in [0.15, 0.2) is 0 Å². The average Bonchev–Trinajstić information content (AvgIpc) is 2.53. The lowest BCUT2D eigenvalue weighted by Gasteiger charge is -2.25. The van der Waals surface area contributed by atoms with Gasteiger partial charge in [-0.05, 0) is 42.5 Å². The second kappa shape index (κ2) is 6.03. The molecule has 4 nitrogen and oxygen atoms in total. The third kappa shape index (κ3) is 2.81. The van der Waals surface area contributed by atoms with E-state index in [0.717, 1.165) is 18.5 Å². The minimum Gasteiger partial charge on any atom is -0.367 e. The Balaban J connectivity index is 1.70. The molecule has 0 amide bonds. The van der Waals surface area contributed by atoms with Gasteiger partial charge in [0, 0.05) is 0 Å². The van der Waals surface area contributed by atoms with Gasteiger partial charge in [-0.3, -0.25) is 0 Å². The number of nitrogens with zero attached hydrogens (tertiary/aromatic N) is 1. The number of hydrogen-bond donors (Lipinski definition) is 2. The molecule has 1 aromatic carbocycles. The highest BCUT2D eigenvalue weighted by molar-refractivity contribution is 5.33. The van der Waals surface area contributed by atoms with Gasteiger partial charge in [-0.2, -0.15) is 0 Å². The van der Waals surface area contributed by atoms with Crippen molar-refractivity contribution in [3.8, 4) is 0 Å². The Hall–Kier alpha value is -1.91. The monoisotopic (exact) mass is 269 g/mol. The lowest BCUT2D eigenvalue weighted by Crippen LogP contribution is -2.14. The highest BCUT2D eigenvalue weighted by atomic mass is 16.5. The summed E-state index contributed by atoms with van der Waals surface area (Å²) >= 11 is 0. The molecule has 1 heterocycles. The zero-order valence-corrected chi connectivity index (χ0v) is 11.4. The lowest BCUT2D eigenvalue weighted by atomic mass is 9.89. The van der Waals surface area contributed by atoms with E-state index in [2.05, 4.69) is 34.7 Å². The topological polar surface area (TPSA) is 60.2 Å². The summed E-state index contributed by atoms with van der Waals surface area (Å²) in [6, 6.07) is 14.3. The van der Waals surface area contributed by atoms with Crippen molar-refractivity contribution in [2.24, 2.45) is 5.84 Å². The zero-order chi connectivity index (χ0) is 13.8. The van der Waals surface area contributed by atoms with Gasteiger partial charge < -0.3 is 10.2 Å². The molecule has 104 valence electrons. The molecule has 0 saturated carbocycles. The molecule has 0 aliphatic heterocycles. The molecule has 1 aliphatic carbocycles. The van der Waals surface area contributed by atoms with Crippen LogP contribution in [0.3, 0.4) is 0 Å². The first kappa shape index (κ1) is 13.1. The van der Waals surface area contributed by atoms with Gasteiger partial charge >= 0.3 is 0 Å². The van der Waals surface area contributed by atoms with Crippen molar-refractivity contribution < 1.29 is 4.74 Å². The van der Waals surface area contributed by atoms with Gasteiger partial charge in [0.05, 0.1) is 18.4 Å². The van der Waals surface area contributed by atoms with Gasteiger partial charge in [-0.25, -0.2) is 10.8 Å². The van der Waals surface area contributed by atoms with Crippen LogP contribution in [0.1, 0.15) is 35.8 Å². The Morgan fingerprint density at radius 3 is 3.00 bits per heavy atom. The molecule has 20 heavy (non-hydrogen) atoms. The average molecular weight is 269 g/mol. The van der Waals surface area contributed by atoms with Crippen LogP contribution in [0.2, 0.25) is 0 Å². The van der Waals surface area contributed by atoms with E-state index in [-0.39, 0.29) is 6.10 Å². The van der Waals surface area contributed by atoms with Crippen LogP contribution in [-0.2, 0) is 17.8 Å². The molecule has 3 N–H and O–H groups in total. The number of ether oxygens (including phenoxy) is 1. The van der Waals surface area contributed by atoms with E-state index >= 15 is 0 Å². The maximum atomic E-state index is 6.06. The van der Waals surface area contributed by atoms with Crippen molar-refractivity contribution in [2.75, 3.05) is 5.43 Å². The summed E-state index contributed by atoms with van der Waals surface area (Å²) in [4.78, 5) is 4.37. The molecule has 0 bridgehead atoms. The molecule has 0 fully saturated rings. The first-order valence-electron chi connectivity index (χ1n) is 6.99. The fourth-order valence-electron chi connectivity index (χ4n) is 2.71. The number of benzene rings is 1. The molecular formula is C16H19N3O. The molecule has 1 aromatic heterocycles. The summed E-state index contributed by atoms with van der Waals surface area (Å²) in [6.45, 7) is 0.508. The van der Waals surface area contributed by atoms with Crippen molar-refractivity contribution in [2.45, 2.75) is 32.0 Å². The summed E-state index contributed by atoms with van der Waals surface area (Å²) in [5.74, 6) is 6.03. The highest BCUT2D eigenvalue weighted by Gasteiger charge is 2.20. The number of anilines is 1. The van der Waals surface area contributed by atoms with E-state index in [1.807, 2.05) is 18.2 Å². The number of fused-ring (bicyclic) bond motifs is 1. The van der Waals surface area contributed by atoms with Crippen LogP contribution in [-0.4, -0.2) is 4.98 Å². The largest absolute Gasteiger partial charge is 0.367 e. The van der Waals surface area contributed by atoms with Gasteiger partial charge in [0.25, 0.3) is 0 Å². The van der Waals surface area contributed by atoms with Gasteiger partial charge in [-0.1, -0.05) is 30.3 Å². The van der Waals surface area contributed by atoms with E-state index in [9.17, 15) is 0 Å². The van der Waals surface area contributed by atoms with Crippen LogP contribution >= 0.6 is 0 Å². The van der Waals surface area contributed by atoms with E-state index < -0.39 is 0 Å². The zero-order valence-electron chi connectivity index (χ0n) is 11.4. The summed E-state index contributed by atoms with van der Waals surface area (Å²) in [6.07, 6.45) is 3.59. The number of aryl methyl sites for hydroxylation is 1. The first-order valence-corrected chi connectivity index (χ1v) is 6.99. The Morgan fingerprint density at radius 2 is 2.10 bits per heavy atom. The number of hydrogen-bond acceptors (Lipinski definition) is 4. The Labute approximate surface area is 119 Å². The molecule has 1 aliphatic rings. The molecule has 2 aromatic rings. The highest BCUT2D eigenvalue weighted by Crippen LogP contribution is 2.32. The van der Waals surface area contributed by atoms with Crippen LogP contribution in [0, 0.1) is 0 Å². The van der Waals surface area contributed by atoms with Gasteiger partial charge in [0.2, 0.25) is 0 Å². The predicted octanol–water partition coefficient (Wildman–Crippen LogP) is 2.96.